The van der Waals surface area contributed by atoms with Gasteiger partial charge in [0, 0.05) is 0 Å². The molecule has 0 radical (unpaired) electrons. The minimum atomic E-state index is 1.30. The van der Waals surface area contributed by atoms with Crippen LogP contribution in [-0.4, -0.2) is 0 Å². The zero-order valence-corrected chi connectivity index (χ0v) is 51.3. The Morgan fingerprint density at radius 3 is 0.351 bits per heavy atom. The van der Waals surface area contributed by atoms with Crippen molar-refractivity contribution in [2.45, 2.75) is 0 Å². The van der Waals surface area contributed by atoms with E-state index in [1.807, 2.05) is 0 Å². The van der Waals surface area contributed by atoms with Gasteiger partial charge in [0.2, 0.25) is 0 Å². The van der Waals surface area contributed by atoms with Gasteiger partial charge in [-0.15, -0.1) is 0 Å². The van der Waals surface area contributed by atoms with Crippen molar-refractivity contribution in [3.63, 3.8) is 0 Å². The van der Waals surface area contributed by atoms with Crippen LogP contribution in [0.15, 0.2) is 340 Å². The zero-order valence-electron chi connectivity index (χ0n) is 51.3. The topological polar surface area (TPSA) is 0 Å². The second-order valence-electron chi connectivity index (χ2n) is 25.6. The lowest BCUT2D eigenvalue weighted by Crippen LogP contribution is -1.91. The summed E-state index contributed by atoms with van der Waals surface area (Å²) in [5, 5.41) is 51.3. The average Bonchev–Trinajstić information content (AvgIpc) is 0.692. The Kier molecular flexibility index (Phi) is 11.5. The van der Waals surface area contributed by atoms with Gasteiger partial charge in [0.1, 0.15) is 0 Å². The van der Waals surface area contributed by atoms with Crippen LogP contribution in [0.5, 0.6) is 0 Å². The van der Waals surface area contributed by atoms with E-state index in [-0.39, 0.29) is 0 Å². The van der Waals surface area contributed by atoms with Gasteiger partial charge in [-0.3, -0.25) is 0 Å². The van der Waals surface area contributed by atoms with Crippen LogP contribution >= 0.6 is 0 Å². The van der Waals surface area contributed by atoms with Crippen molar-refractivity contribution in [3.05, 3.63) is 340 Å². The summed E-state index contributed by atoms with van der Waals surface area (Å²) in [6, 6.07) is 124. The molecule has 0 amide bonds. The van der Waals surface area contributed by atoms with E-state index in [1.165, 1.54) is 205 Å². The minimum absolute atomic E-state index is 1.30. The molecule has 0 saturated carbocycles. The molecule has 0 unspecified atom stereocenters. The zero-order chi connectivity index (χ0) is 61.5. The van der Waals surface area contributed by atoms with Gasteiger partial charge >= 0.3 is 0 Å². The van der Waals surface area contributed by atoms with Crippen LogP contribution in [0.25, 0.3) is 205 Å². The van der Waals surface area contributed by atoms with E-state index in [0.717, 1.165) is 0 Å². The van der Waals surface area contributed by atoms with Crippen LogP contribution in [0.4, 0.5) is 0 Å². The average molecular weight is 1190 g/mol. The normalized spacial score (nSPS) is 12.0. The standard InChI is InChI=1S/C30H18.C24H12.C22H14.C18H12/c1-5-13-23-19(9-1)20-10-2-6-14-24(20)28-18-30-26-16-8-4-12-22(26)21-11-3-7-15-25(21)29(30)17-27(23)28;1-2-14-5-6-16-9-11-18-12-10-17-8-7-15-4-3-13(1)19-20(14)22(16)24(18)23(17)21(15)19;1-2-8-16-14-22-20-12-6-4-10-18(20)17-9-3-5-11-19(17)21(22)13-15(16)7-1;1-2-8-14-13(7-1)15-9-3-4-11-17(15)18-12-6-5-10-16(14)18/h1-18H;1-12H;1-14H;1-12H. The molecule has 0 saturated heterocycles. The van der Waals surface area contributed by atoms with E-state index in [4.69, 9.17) is 0 Å². The van der Waals surface area contributed by atoms with Crippen molar-refractivity contribution in [1.82, 2.24) is 0 Å². The third-order valence-corrected chi connectivity index (χ3v) is 20.8. The highest BCUT2D eigenvalue weighted by atomic mass is 14.2. The van der Waals surface area contributed by atoms with Crippen LogP contribution < -0.4 is 0 Å². The highest BCUT2D eigenvalue weighted by Crippen LogP contribution is 2.49. The van der Waals surface area contributed by atoms with Crippen molar-refractivity contribution in [2.75, 3.05) is 0 Å². The lowest BCUT2D eigenvalue weighted by Gasteiger charge is -2.20. The lowest BCUT2D eigenvalue weighted by molar-refractivity contribution is 1.77. The fourth-order valence-corrected chi connectivity index (χ4v) is 16.6. The Hall–Kier alpha value is -12.2. The van der Waals surface area contributed by atoms with Crippen LogP contribution in [0.1, 0.15) is 0 Å². The molecule has 23 rings (SSSR count). The van der Waals surface area contributed by atoms with Crippen LogP contribution in [-0.2, 0) is 0 Å². The van der Waals surface area contributed by atoms with E-state index in [0.29, 0.717) is 0 Å². The molecule has 0 nitrogen and oxygen atoms in total. The minimum Gasteiger partial charge on any atom is -0.0616 e. The lowest BCUT2D eigenvalue weighted by atomic mass is 9.83. The fraction of sp³-hybridized carbons (Fsp3) is 0. The van der Waals surface area contributed by atoms with Gasteiger partial charge in [-0.05, 0) is 229 Å². The maximum Gasteiger partial charge on any atom is -0.00139 e. The van der Waals surface area contributed by atoms with Crippen molar-refractivity contribution < 1.29 is 0 Å². The Bertz CT molecular complexity index is 6060. The molecule has 0 aromatic heterocycles. The molecule has 23 aromatic carbocycles. The summed E-state index contributed by atoms with van der Waals surface area (Å²) in [5.74, 6) is 0. The predicted octanol–water partition coefficient (Wildman–Crippen LogP) is 27.0. The van der Waals surface area contributed by atoms with Crippen LogP contribution in [0.3, 0.4) is 0 Å². The summed E-state index contributed by atoms with van der Waals surface area (Å²) >= 11 is 0. The number of fused-ring (bicyclic) bond motifs is 25. The van der Waals surface area contributed by atoms with Crippen molar-refractivity contribution in [1.29, 1.82) is 0 Å². The Balaban J connectivity index is 0.0000000876. The summed E-state index contributed by atoms with van der Waals surface area (Å²) < 4.78 is 0. The molecule has 0 heteroatoms. The molecular formula is C94H56. The summed E-state index contributed by atoms with van der Waals surface area (Å²) in [6.45, 7) is 0. The maximum absolute atomic E-state index is 2.42. The van der Waals surface area contributed by atoms with Gasteiger partial charge in [0.25, 0.3) is 0 Å². The molecule has 23 aromatic rings. The third-order valence-electron chi connectivity index (χ3n) is 20.8. The fourth-order valence-electron chi connectivity index (χ4n) is 16.6. The molecule has 432 valence electrons. The van der Waals surface area contributed by atoms with Crippen molar-refractivity contribution >= 4 is 205 Å². The Morgan fingerprint density at radius 1 is 0.0851 bits per heavy atom. The first-order chi connectivity index (χ1) is 46.7. The summed E-state index contributed by atoms with van der Waals surface area (Å²) in [6.07, 6.45) is 0. The molecule has 0 spiro atoms. The molecule has 0 atom stereocenters. The number of hydrogen-bond donors (Lipinski definition) is 0. The second-order valence-corrected chi connectivity index (χ2v) is 25.6. The second kappa shape index (κ2) is 20.7. The maximum atomic E-state index is 2.42. The molecule has 0 bridgehead atoms. The summed E-state index contributed by atoms with van der Waals surface area (Å²) in [4.78, 5) is 0. The number of benzene rings is 23. The predicted molar refractivity (Wildman–Crippen MR) is 412 cm³/mol. The molecular weight excluding hydrogens is 1130 g/mol. The van der Waals surface area contributed by atoms with Gasteiger partial charge in [-0.2, -0.15) is 0 Å². The molecule has 0 aliphatic carbocycles. The first-order valence-corrected chi connectivity index (χ1v) is 32.8. The van der Waals surface area contributed by atoms with Crippen LogP contribution in [0, 0.1) is 0 Å². The van der Waals surface area contributed by atoms with E-state index in [2.05, 4.69) is 340 Å². The van der Waals surface area contributed by atoms with E-state index in [9.17, 15) is 0 Å². The molecule has 94 heavy (non-hydrogen) atoms. The molecule has 0 N–H and O–H groups in total. The summed E-state index contributed by atoms with van der Waals surface area (Å²) in [5.41, 5.74) is 0. The Morgan fingerprint density at radius 2 is 0.202 bits per heavy atom. The van der Waals surface area contributed by atoms with Gasteiger partial charge in [0.15, 0.2) is 0 Å². The smallest absolute Gasteiger partial charge is 0.00139 e. The Labute approximate surface area is 541 Å². The van der Waals surface area contributed by atoms with Gasteiger partial charge in [-0.25, -0.2) is 0 Å². The number of rotatable bonds is 0. The van der Waals surface area contributed by atoms with E-state index >= 15 is 0 Å². The largest absolute Gasteiger partial charge is 0.0616 e. The number of hydrogen-bond acceptors (Lipinski definition) is 0. The molecule has 0 fully saturated rings. The molecule has 0 heterocycles. The van der Waals surface area contributed by atoms with E-state index < -0.39 is 0 Å². The monoisotopic (exact) mass is 1180 g/mol. The van der Waals surface area contributed by atoms with Crippen molar-refractivity contribution in [2.24, 2.45) is 0 Å². The van der Waals surface area contributed by atoms with E-state index in [1.54, 1.807) is 0 Å². The van der Waals surface area contributed by atoms with Crippen LogP contribution in [0.2, 0.25) is 0 Å². The van der Waals surface area contributed by atoms with Gasteiger partial charge < -0.3 is 0 Å². The SMILES string of the molecule is c1cc2ccc3ccc4ccc5ccc6ccc1c1c2c3c4c5c61.c1ccc2c(c1)c1ccccc1c1cc3c4ccccc4c4ccccc4c3cc21.c1ccc2c(c1)c1ccccc1c1ccccc21.c1ccc2cc3c4ccccc4c4ccccc4c3cc2c1. The molecule has 0 aliphatic rings. The molecule has 0 aliphatic heterocycles. The highest BCUT2D eigenvalue weighted by Gasteiger charge is 2.20. The third kappa shape index (κ3) is 7.81. The quantitative estimate of drug-likeness (QED) is 0.105. The van der Waals surface area contributed by atoms with Gasteiger partial charge in [0.05, 0.1) is 0 Å². The van der Waals surface area contributed by atoms with Crippen molar-refractivity contribution in [3.8, 4) is 0 Å². The first-order valence-electron chi connectivity index (χ1n) is 32.8. The first kappa shape index (κ1) is 52.5. The van der Waals surface area contributed by atoms with Gasteiger partial charge in [-0.1, -0.05) is 315 Å². The highest BCUT2D eigenvalue weighted by molar-refractivity contribution is 6.45. The summed E-state index contributed by atoms with van der Waals surface area (Å²) in [7, 11) is 0.